The maximum Gasteiger partial charge on any atom is 0.253 e. The molecular weight excluding hydrogens is 344 g/mol. The molecule has 0 radical (unpaired) electrons. The van der Waals surface area contributed by atoms with E-state index >= 15 is 0 Å². The van der Waals surface area contributed by atoms with Crippen LogP contribution in [0.1, 0.15) is 23.2 Å². The predicted octanol–water partition coefficient (Wildman–Crippen LogP) is 2.70. The van der Waals surface area contributed by atoms with Crippen LogP contribution in [-0.4, -0.2) is 36.9 Å². The van der Waals surface area contributed by atoms with Crippen LogP contribution in [0, 0.1) is 5.92 Å². The first-order valence-electron chi connectivity index (χ1n) is 6.48. The van der Waals surface area contributed by atoms with Crippen molar-refractivity contribution in [2.24, 2.45) is 5.92 Å². The van der Waals surface area contributed by atoms with Gasteiger partial charge in [-0.1, -0.05) is 27.5 Å². The second-order valence-electron chi connectivity index (χ2n) is 4.84. The Bertz CT molecular complexity index is 508. The Kier molecular flexibility index (Phi) is 5.05. The molecule has 0 aromatic heterocycles. The summed E-state index contributed by atoms with van der Waals surface area (Å²) in [6.45, 7) is 1.20. The van der Waals surface area contributed by atoms with Crippen molar-refractivity contribution in [3.05, 3.63) is 33.3 Å². The molecule has 6 heteroatoms. The zero-order valence-electron chi connectivity index (χ0n) is 11.2. The van der Waals surface area contributed by atoms with E-state index in [1.807, 2.05) is 0 Å². The molecule has 1 fully saturated rings. The Morgan fingerprint density at radius 2 is 1.95 bits per heavy atom. The summed E-state index contributed by atoms with van der Waals surface area (Å²) in [5, 5.41) is 3.19. The van der Waals surface area contributed by atoms with Crippen LogP contribution in [-0.2, 0) is 4.79 Å². The number of carbonyl (C=O) groups excluding carboxylic acids is 2. The summed E-state index contributed by atoms with van der Waals surface area (Å²) in [6, 6.07) is 5.18. The molecule has 0 spiro atoms. The van der Waals surface area contributed by atoms with Gasteiger partial charge >= 0.3 is 0 Å². The lowest BCUT2D eigenvalue weighted by Crippen LogP contribution is -2.42. The fourth-order valence-electron chi connectivity index (χ4n) is 2.41. The molecule has 1 aliphatic rings. The average Bonchev–Trinajstić information content (AvgIpc) is 2.45. The van der Waals surface area contributed by atoms with Gasteiger partial charge in [0.05, 0.1) is 0 Å². The van der Waals surface area contributed by atoms with Crippen molar-refractivity contribution in [1.29, 1.82) is 0 Å². The van der Waals surface area contributed by atoms with E-state index in [9.17, 15) is 9.59 Å². The number of carbonyl (C=O) groups is 2. The minimum Gasteiger partial charge on any atom is -0.359 e. The van der Waals surface area contributed by atoms with Crippen molar-refractivity contribution in [1.82, 2.24) is 10.2 Å². The summed E-state index contributed by atoms with van der Waals surface area (Å²) in [7, 11) is 1.64. The molecule has 0 bridgehead atoms. The number of hydrogen-bond acceptors (Lipinski definition) is 2. The van der Waals surface area contributed by atoms with Crippen molar-refractivity contribution in [3.63, 3.8) is 0 Å². The quantitative estimate of drug-likeness (QED) is 0.882. The summed E-state index contributed by atoms with van der Waals surface area (Å²) in [4.78, 5) is 25.7. The van der Waals surface area contributed by atoms with Crippen LogP contribution in [0.15, 0.2) is 22.7 Å². The third-order valence-corrected chi connectivity index (χ3v) is 4.18. The molecule has 1 aromatic rings. The minimum atomic E-state index is -0.0384. The highest BCUT2D eigenvalue weighted by molar-refractivity contribution is 9.10. The van der Waals surface area contributed by atoms with Gasteiger partial charge in [-0.3, -0.25) is 9.59 Å². The van der Waals surface area contributed by atoms with E-state index in [0.717, 1.165) is 4.47 Å². The molecule has 4 nitrogen and oxygen atoms in total. The van der Waals surface area contributed by atoms with Crippen LogP contribution in [0.25, 0.3) is 0 Å². The first kappa shape index (κ1) is 15.3. The lowest BCUT2D eigenvalue weighted by molar-refractivity contribution is -0.125. The molecular formula is C14H16BrClN2O2. The number of amides is 2. The molecule has 1 aromatic carbocycles. The van der Waals surface area contributed by atoms with Crippen LogP contribution in [0.3, 0.4) is 0 Å². The monoisotopic (exact) mass is 358 g/mol. The summed E-state index contributed by atoms with van der Waals surface area (Å²) in [6.07, 6.45) is 1.40. The summed E-state index contributed by atoms with van der Waals surface area (Å²) < 4.78 is 0.786. The molecule has 20 heavy (non-hydrogen) atoms. The zero-order chi connectivity index (χ0) is 14.7. The van der Waals surface area contributed by atoms with Crippen LogP contribution < -0.4 is 5.32 Å². The molecule has 0 saturated carbocycles. The highest BCUT2D eigenvalue weighted by Gasteiger charge is 2.27. The van der Waals surface area contributed by atoms with E-state index in [2.05, 4.69) is 21.2 Å². The third kappa shape index (κ3) is 3.52. The molecule has 1 saturated heterocycles. The molecule has 2 rings (SSSR count). The van der Waals surface area contributed by atoms with Crippen LogP contribution in [0.4, 0.5) is 0 Å². The van der Waals surface area contributed by atoms with Gasteiger partial charge in [0.15, 0.2) is 0 Å². The van der Waals surface area contributed by atoms with Crippen molar-refractivity contribution >= 4 is 39.3 Å². The van der Waals surface area contributed by atoms with Crippen molar-refractivity contribution in [3.8, 4) is 0 Å². The largest absolute Gasteiger partial charge is 0.359 e. The average molecular weight is 360 g/mol. The maximum absolute atomic E-state index is 12.4. The van der Waals surface area contributed by atoms with Gasteiger partial charge in [0, 0.05) is 41.1 Å². The van der Waals surface area contributed by atoms with Gasteiger partial charge in [0.2, 0.25) is 5.91 Å². The highest BCUT2D eigenvalue weighted by atomic mass is 79.9. The van der Waals surface area contributed by atoms with Gasteiger partial charge in [-0.2, -0.15) is 0 Å². The fourth-order valence-corrected chi connectivity index (χ4v) is 3.27. The summed E-state index contributed by atoms with van der Waals surface area (Å²) in [5.74, 6) is 0.0290. The number of benzene rings is 1. The molecule has 2 amide bonds. The number of hydrogen-bond donors (Lipinski definition) is 1. The second-order valence-corrected chi connectivity index (χ2v) is 6.19. The number of nitrogens with zero attached hydrogens (tertiary/aromatic N) is 1. The smallest absolute Gasteiger partial charge is 0.253 e. The Hall–Kier alpha value is -1.07. The molecule has 0 atom stereocenters. The number of halogens is 2. The summed E-state index contributed by atoms with van der Waals surface area (Å²) >= 11 is 9.30. The van der Waals surface area contributed by atoms with E-state index < -0.39 is 0 Å². The van der Waals surface area contributed by atoms with Crippen LogP contribution >= 0.6 is 27.5 Å². The highest BCUT2D eigenvalue weighted by Crippen LogP contribution is 2.23. The lowest BCUT2D eigenvalue weighted by atomic mass is 9.95. The maximum atomic E-state index is 12.4. The van der Waals surface area contributed by atoms with E-state index in [4.69, 9.17) is 11.6 Å². The second kappa shape index (κ2) is 6.59. The molecule has 108 valence electrons. The van der Waals surface area contributed by atoms with E-state index in [-0.39, 0.29) is 17.7 Å². The molecule has 0 unspecified atom stereocenters. The first-order chi connectivity index (χ1) is 9.51. The zero-order valence-corrected chi connectivity index (χ0v) is 13.5. The Morgan fingerprint density at radius 1 is 1.30 bits per heavy atom. The van der Waals surface area contributed by atoms with Gasteiger partial charge in [-0.05, 0) is 31.0 Å². The SMILES string of the molecule is CNC(=O)C1CCN(C(=O)c2cc(Cl)cc(Br)c2)CC1. The van der Waals surface area contributed by atoms with Gasteiger partial charge in [-0.15, -0.1) is 0 Å². The van der Waals surface area contributed by atoms with Gasteiger partial charge in [0.1, 0.15) is 0 Å². The van der Waals surface area contributed by atoms with Gasteiger partial charge in [0.25, 0.3) is 5.91 Å². The normalized spacial score (nSPS) is 16.1. The number of rotatable bonds is 2. The van der Waals surface area contributed by atoms with Crippen LogP contribution in [0.5, 0.6) is 0 Å². The molecule has 1 heterocycles. The Balaban J connectivity index is 2.03. The van der Waals surface area contributed by atoms with Crippen molar-refractivity contribution in [2.75, 3.05) is 20.1 Å². The first-order valence-corrected chi connectivity index (χ1v) is 7.65. The number of piperidine rings is 1. The minimum absolute atomic E-state index is 0.00940. The predicted molar refractivity (Wildman–Crippen MR) is 81.8 cm³/mol. The lowest BCUT2D eigenvalue weighted by Gasteiger charge is -2.31. The topological polar surface area (TPSA) is 49.4 Å². The van der Waals surface area contributed by atoms with Crippen molar-refractivity contribution < 1.29 is 9.59 Å². The number of nitrogens with one attached hydrogen (secondary N) is 1. The van der Waals surface area contributed by atoms with Gasteiger partial charge in [-0.25, -0.2) is 0 Å². The molecule has 1 N–H and O–H groups in total. The Labute approximate surface area is 131 Å². The van der Waals surface area contributed by atoms with E-state index in [1.54, 1.807) is 30.1 Å². The van der Waals surface area contributed by atoms with E-state index in [0.29, 0.717) is 36.5 Å². The fraction of sp³-hybridized carbons (Fsp3) is 0.429. The van der Waals surface area contributed by atoms with Crippen molar-refractivity contribution in [2.45, 2.75) is 12.8 Å². The van der Waals surface area contributed by atoms with Gasteiger partial charge < -0.3 is 10.2 Å². The number of likely N-dealkylation sites (tertiary alicyclic amines) is 1. The summed E-state index contributed by atoms with van der Waals surface area (Å²) in [5.41, 5.74) is 0.572. The third-order valence-electron chi connectivity index (χ3n) is 3.51. The van der Waals surface area contributed by atoms with E-state index in [1.165, 1.54) is 0 Å². The van der Waals surface area contributed by atoms with Crippen LogP contribution in [0.2, 0.25) is 5.02 Å². The molecule has 1 aliphatic heterocycles. The molecule has 0 aliphatic carbocycles. The standard InChI is InChI=1S/C14H16BrClN2O2/c1-17-13(19)9-2-4-18(5-3-9)14(20)10-6-11(15)8-12(16)7-10/h6-9H,2-5H2,1H3,(H,17,19). The Morgan fingerprint density at radius 3 is 2.50 bits per heavy atom.